The van der Waals surface area contributed by atoms with E-state index in [2.05, 4.69) is 21.2 Å². The molecule has 1 heterocycles. The molecule has 3 aromatic carbocycles. The summed E-state index contributed by atoms with van der Waals surface area (Å²) in [5.74, 6) is 0.884. The molecular formula is C28H25BrN2O4S2. The second-order valence-electron chi connectivity index (χ2n) is 8.26. The predicted octanol–water partition coefficient (Wildman–Crippen LogP) is 6.89. The molecule has 37 heavy (non-hydrogen) atoms. The maximum atomic E-state index is 13.0. The number of amides is 2. The molecule has 1 saturated heterocycles. The fraction of sp³-hybridized carbons (Fsp3) is 0.179. The molecular weight excluding hydrogens is 572 g/mol. The lowest BCUT2D eigenvalue weighted by atomic mass is 10.1. The Morgan fingerprint density at radius 1 is 1.03 bits per heavy atom. The van der Waals surface area contributed by atoms with Crippen LogP contribution in [0.2, 0.25) is 0 Å². The number of anilines is 2. The Bertz CT molecular complexity index is 1350. The molecule has 0 saturated carbocycles. The summed E-state index contributed by atoms with van der Waals surface area (Å²) in [5.41, 5.74) is 4.25. The lowest BCUT2D eigenvalue weighted by Gasteiger charge is -2.15. The Labute approximate surface area is 234 Å². The quantitative estimate of drug-likeness (QED) is 0.226. The fourth-order valence-corrected chi connectivity index (χ4v) is 5.78. The Balaban J connectivity index is 1.37. The minimum atomic E-state index is -0.240. The highest BCUT2D eigenvalue weighted by atomic mass is 79.9. The summed E-state index contributed by atoms with van der Waals surface area (Å²) in [4.78, 5) is 27.5. The van der Waals surface area contributed by atoms with Gasteiger partial charge >= 0.3 is 0 Å². The van der Waals surface area contributed by atoms with Crippen molar-refractivity contribution >= 4 is 73.5 Å². The van der Waals surface area contributed by atoms with Gasteiger partial charge in [0.05, 0.1) is 17.2 Å². The Hall–Kier alpha value is -3.14. The summed E-state index contributed by atoms with van der Waals surface area (Å²) in [6.07, 6.45) is 1.80. The van der Waals surface area contributed by atoms with E-state index in [0.29, 0.717) is 27.3 Å². The molecule has 1 N–H and O–H groups in total. The number of thiocarbonyl (C=S) groups is 1. The molecule has 190 valence electrons. The molecule has 6 nitrogen and oxygen atoms in total. The molecule has 1 fully saturated rings. The van der Waals surface area contributed by atoms with Gasteiger partial charge in [-0.15, -0.1) is 0 Å². The molecule has 0 bridgehead atoms. The smallest absolute Gasteiger partial charge is 0.270 e. The second-order valence-corrected chi connectivity index (χ2v) is 10.9. The maximum absolute atomic E-state index is 13.0. The first-order valence-electron chi connectivity index (χ1n) is 11.6. The summed E-state index contributed by atoms with van der Waals surface area (Å²) >= 11 is 10.2. The summed E-state index contributed by atoms with van der Waals surface area (Å²) in [5, 5.41) is 2.91. The average Bonchev–Trinajstić information content (AvgIpc) is 3.14. The van der Waals surface area contributed by atoms with Crippen molar-refractivity contribution in [1.82, 2.24) is 0 Å². The van der Waals surface area contributed by atoms with E-state index in [1.807, 2.05) is 69.3 Å². The highest BCUT2D eigenvalue weighted by molar-refractivity contribution is 9.10. The third-order valence-corrected chi connectivity index (χ3v) is 7.27. The molecule has 1 aliphatic heterocycles. The average molecular weight is 598 g/mol. The summed E-state index contributed by atoms with van der Waals surface area (Å²) in [6, 6.07) is 18.4. The van der Waals surface area contributed by atoms with E-state index >= 15 is 0 Å². The van der Waals surface area contributed by atoms with E-state index in [1.165, 1.54) is 16.7 Å². The lowest BCUT2D eigenvalue weighted by molar-refractivity contribution is -0.118. The van der Waals surface area contributed by atoms with Crippen molar-refractivity contribution in [3.05, 3.63) is 86.7 Å². The topological polar surface area (TPSA) is 67.9 Å². The number of carbonyl (C=O) groups excluding carboxylic acids is 2. The third kappa shape index (κ3) is 6.60. The van der Waals surface area contributed by atoms with Crippen LogP contribution in [0.4, 0.5) is 11.4 Å². The number of thioether (sulfide) groups is 1. The number of benzene rings is 3. The standard InChI is InChI=1S/C28H25BrN2O4S2/c1-4-34-22-11-7-21(8-12-22)31-27(33)24(37-28(31)36)15-19-5-9-23(10-6-19)35-16-25(32)30-26-17(2)13-20(29)14-18(26)3/h5-15H,4,16H2,1-3H3,(H,30,32)/b24-15-. The van der Waals surface area contributed by atoms with E-state index in [9.17, 15) is 9.59 Å². The van der Waals surface area contributed by atoms with Gasteiger partial charge in [0, 0.05) is 10.2 Å². The zero-order chi connectivity index (χ0) is 26.5. The first kappa shape index (κ1) is 26.9. The van der Waals surface area contributed by atoms with Crippen molar-refractivity contribution in [1.29, 1.82) is 0 Å². The number of rotatable bonds is 8. The van der Waals surface area contributed by atoms with Crippen molar-refractivity contribution in [2.45, 2.75) is 20.8 Å². The van der Waals surface area contributed by atoms with Crippen LogP contribution in [0.25, 0.3) is 6.08 Å². The van der Waals surface area contributed by atoms with Crippen LogP contribution in [0.3, 0.4) is 0 Å². The van der Waals surface area contributed by atoms with Gasteiger partial charge in [0.1, 0.15) is 11.5 Å². The molecule has 1 aliphatic rings. The molecule has 2 amide bonds. The van der Waals surface area contributed by atoms with Gasteiger partial charge in [-0.3, -0.25) is 14.5 Å². The SMILES string of the molecule is CCOc1ccc(N2C(=O)/C(=C/c3ccc(OCC(=O)Nc4c(C)cc(Br)cc4C)cc3)SC2=S)cc1. The zero-order valence-electron chi connectivity index (χ0n) is 20.5. The van der Waals surface area contributed by atoms with E-state index in [-0.39, 0.29) is 18.4 Å². The van der Waals surface area contributed by atoms with Crippen molar-refractivity contribution in [2.75, 3.05) is 23.4 Å². The highest BCUT2D eigenvalue weighted by Gasteiger charge is 2.33. The number of carbonyl (C=O) groups is 2. The first-order valence-corrected chi connectivity index (χ1v) is 13.6. The van der Waals surface area contributed by atoms with E-state index < -0.39 is 0 Å². The second kappa shape index (κ2) is 11.9. The van der Waals surface area contributed by atoms with E-state index in [0.717, 1.165) is 32.6 Å². The van der Waals surface area contributed by atoms with Crippen molar-refractivity contribution in [2.24, 2.45) is 0 Å². The van der Waals surface area contributed by atoms with Crippen molar-refractivity contribution in [3.63, 3.8) is 0 Å². The lowest BCUT2D eigenvalue weighted by Crippen LogP contribution is -2.27. The molecule has 0 aliphatic carbocycles. The summed E-state index contributed by atoms with van der Waals surface area (Å²) < 4.78 is 12.6. The number of ether oxygens (including phenoxy) is 2. The molecule has 0 spiro atoms. The molecule has 0 unspecified atom stereocenters. The number of halogens is 1. The van der Waals surface area contributed by atoms with Crippen LogP contribution in [0.1, 0.15) is 23.6 Å². The number of nitrogens with zero attached hydrogens (tertiary/aromatic N) is 1. The van der Waals surface area contributed by atoms with E-state index in [4.69, 9.17) is 21.7 Å². The highest BCUT2D eigenvalue weighted by Crippen LogP contribution is 2.36. The van der Waals surface area contributed by atoms with Crippen LogP contribution in [-0.4, -0.2) is 29.3 Å². The van der Waals surface area contributed by atoms with Crippen LogP contribution in [0.5, 0.6) is 11.5 Å². The van der Waals surface area contributed by atoms with Gasteiger partial charge in [-0.2, -0.15) is 0 Å². The van der Waals surface area contributed by atoms with Gasteiger partial charge in [-0.05, 0) is 92.1 Å². The normalized spacial score (nSPS) is 14.3. The monoisotopic (exact) mass is 596 g/mol. The van der Waals surface area contributed by atoms with Gasteiger partial charge in [0.15, 0.2) is 10.9 Å². The van der Waals surface area contributed by atoms with Gasteiger partial charge in [-0.1, -0.05) is 52.0 Å². The molecule has 0 aromatic heterocycles. The van der Waals surface area contributed by atoms with Crippen LogP contribution in [-0.2, 0) is 9.59 Å². The van der Waals surface area contributed by atoms with Crippen LogP contribution in [0, 0.1) is 13.8 Å². The molecule has 0 radical (unpaired) electrons. The maximum Gasteiger partial charge on any atom is 0.270 e. The first-order chi connectivity index (χ1) is 17.7. The molecule has 0 atom stereocenters. The number of hydrogen-bond acceptors (Lipinski definition) is 6. The number of aryl methyl sites for hydroxylation is 2. The predicted molar refractivity (Wildman–Crippen MR) is 157 cm³/mol. The largest absolute Gasteiger partial charge is 0.494 e. The van der Waals surface area contributed by atoms with Gasteiger partial charge in [-0.25, -0.2) is 0 Å². The zero-order valence-corrected chi connectivity index (χ0v) is 23.8. The minimum Gasteiger partial charge on any atom is -0.494 e. The van der Waals surface area contributed by atoms with Gasteiger partial charge in [0.25, 0.3) is 11.8 Å². The van der Waals surface area contributed by atoms with Crippen molar-refractivity contribution < 1.29 is 19.1 Å². The van der Waals surface area contributed by atoms with Crippen LogP contribution in [0.15, 0.2) is 70.0 Å². The van der Waals surface area contributed by atoms with E-state index in [1.54, 1.807) is 18.2 Å². The summed E-state index contributed by atoms with van der Waals surface area (Å²) in [6.45, 7) is 6.27. The van der Waals surface area contributed by atoms with Gasteiger partial charge < -0.3 is 14.8 Å². The Kier molecular flexibility index (Phi) is 8.68. The van der Waals surface area contributed by atoms with Crippen molar-refractivity contribution in [3.8, 4) is 11.5 Å². The van der Waals surface area contributed by atoms with Crippen LogP contribution < -0.4 is 19.7 Å². The summed E-state index contributed by atoms with van der Waals surface area (Å²) in [7, 11) is 0. The minimum absolute atomic E-state index is 0.116. The number of hydrogen-bond donors (Lipinski definition) is 1. The molecule has 3 aromatic rings. The number of nitrogens with one attached hydrogen (secondary N) is 1. The Morgan fingerprint density at radius 3 is 2.24 bits per heavy atom. The molecule has 9 heteroatoms. The molecule has 4 rings (SSSR count). The third-order valence-electron chi connectivity index (χ3n) is 5.51. The Morgan fingerprint density at radius 2 is 1.62 bits per heavy atom. The fourth-order valence-electron chi connectivity index (χ4n) is 3.79. The van der Waals surface area contributed by atoms with Crippen LogP contribution >= 0.6 is 39.9 Å². The van der Waals surface area contributed by atoms with Gasteiger partial charge in [0.2, 0.25) is 0 Å².